The first-order chi connectivity index (χ1) is 12.9. The fourth-order valence-electron chi connectivity index (χ4n) is 2.35. The predicted octanol–water partition coefficient (Wildman–Crippen LogP) is 3.46. The van der Waals surface area contributed by atoms with Gasteiger partial charge in [-0.1, -0.05) is 17.7 Å². The van der Waals surface area contributed by atoms with E-state index in [1.165, 1.54) is 31.4 Å². The van der Waals surface area contributed by atoms with Crippen LogP contribution in [0.3, 0.4) is 0 Å². The van der Waals surface area contributed by atoms with Crippen LogP contribution in [0.2, 0.25) is 5.02 Å². The highest BCUT2D eigenvalue weighted by atomic mass is 35.5. The SMILES string of the molecule is COC(=O)c1cccc(NC(=O)c2ccc(Cl)c(S(=O)(=O)NC(C)(C)C)c2)c1. The molecule has 9 heteroatoms. The first-order valence-electron chi connectivity index (χ1n) is 8.26. The summed E-state index contributed by atoms with van der Waals surface area (Å²) in [5.41, 5.74) is 0.0191. The third-order valence-electron chi connectivity index (χ3n) is 3.46. The van der Waals surface area contributed by atoms with Gasteiger partial charge in [0.25, 0.3) is 5.91 Å². The van der Waals surface area contributed by atoms with Gasteiger partial charge in [-0.05, 0) is 57.2 Å². The fourth-order valence-corrected chi connectivity index (χ4v) is 4.30. The number of rotatable bonds is 5. The van der Waals surface area contributed by atoms with Crippen LogP contribution < -0.4 is 10.0 Å². The van der Waals surface area contributed by atoms with Gasteiger partial charge < -0.3 is 10.1 Å². The van der Waals surface area contributed by atoms with Crippen molar-refractivity contribution in [2.45, 2.75) is 31.2 Å². The van der Waals surface area contributed by atoms with Crippen LogP contribution in [-0.4, -0.2) is 32.9 Å². The predicted molar refractivity (Wildman–Crippen MR) is 107 cm³/mol. The minimum absolute atomic E-state index is 0.000915. The summed E-state index contributed by atoms with van der Waals surface area (Å²) in [6.07, 6.45) is 0. The number of anilines is 1. The zero-order chi connectivity index (χ0) is 21.1. The molecule has 2 aromatic carbocycles. The number of nitrogens with one attached hydrogen (secondary N) is 2. The van der Waals surface area contributed by atoms with Crippen LogP contribution >= 0.6 is 11.6 Å². The van der Waals surface area contributed by atoms with E-state index in [0.29, 0.717) is 5.69 Å². The number of halogens is 1. The second kappa shape index (κ2) is 8.30. The highest BCUT2D eigenvalue weighted by Crippen LogP contribution is 2.24. The molecule has 0 saturated carbocycles. The van der Waals surface area contributed by atoms with Crippen molar-refractivity contribution in [2.75, 3.05) is 12.4 Å². The Labute approximate surface area is 169 Å². The Kier molecular flexibility index (Phi) is 6.48. The Bertz CT molecular complexity index is 1010. The number of amides is 1. The summed E-state index contributed by atoms with van der Waals surface area (Å²) in [5.74, 6) is -1.09. The van der Waals surface area contributed by atoms with Crippen molar-refractivity contribution in [3.8, 4) is 0 Å². The van der Waals surface area contributed by atoms with E-state index in [1.807, 2.05) is 0 Å². The zero-order valence-electron chi connectivity index (χ0n) is 15.9. The molecule has 2 aromatic rings. The van der Waals surface area contributed by atoms with Crippen molar-refractivity contribution in [3.63, 3.8) is 0 Å². The van der Waals surface area contributed by atoms with E-state index in [9.17, 15) is 18.0 Å². The van der Waals surface area contributed by atoms with Crippen LogP contribution in [0.4, 0.5) is 5.69 Å². The van der Waals surface area contributed by atoms with Gasteiger partial charge in [-0.2, -0.15) is 0 Å². The van der Waals surface area contributed by atoms with E-state index in [4.69, 9.17) is 11.6 Å². The molecule has 2 rings (SSSR count). The Morgan fingerprint density at radius 1 is 1.04 bits per heavy atom. The van der Waals surface area contributed by atoms with E-state index in [0.717, 1.165) is 0 Å². The van der Waals surface area contributed by atoms with Gasteiger partial charge in [0, 0.05) is 16.8 Å². The summed E-state index contributed by atoms with van der Waals surface area (Å²) in [4.78, 5) is 24.0. The molecule has 0 aliphatic carbocycles. The second-order valence-corrected chi connectivity index (χ2v) is 9.09. The standard InChI is InChI=1S/C19H21ClN2O5S/c1-19(2,3)22-28(25,26)16-11-12(8-9-15(16)20)17(23)21-14-7-5-6-13(10-14)18(24)27-4/h5-11,22H,1-4H3,(H,21,23). The largest absolute Gasteiger partial charge is 0.465 e. The van der Waals surface area contributed by atoms with Gasteiger partial charge in [0.1, 0.15) is 4.90 Å². The van der Waals surface area contributed by atoms with Crippen LogP contribution in [0.1, 0.15) is 41.5 Å². The van der Waals surface area contributed by atoms with Crippen molar-refractivity contribution in [2.24, 2.45) is 0 Å². The van der Waals surface area contributed by atoms with Gasteiger partial charge >= 0.3 is 5.97 Å². The quantitative estimate of drug-likeness (QED) is 0.715. The third-order valence-corrected chi connectivity index (χ3v) is 5.70. The lowest BCUT2D eigenvalue weighted by molar-refractivity contribution is 0.0600. The number of sulfonamides is 1. The minimum atomic E-state index is -3.92. The average Bonchev–Trinajstić information content (AvgIpc) is 2.59. The fraction of sp³-hybridized carbons (Fsp3) is 0.263. The van der Waals surface area contributed by atoms with Crippen molar-refractivity contribution < 1.29 is 22.7 Å². The summed E-state index contributed by atoms with van der Waals surface area (Å²) >= 11 is 6.04. The van der Waals surface area contributed by atoms with E-state index in [1.54, 1.807) is 39.0 Å². The molecule has 0 aliphatic heterocycles. The molecule has 0 aliphatic rings. The molecule has 0 unspecified atom stereocenters. The minimum Gasteiger partial charge on any atom is -0.465 e. The van der Waals surface area contributed by atoms with Crippen molar-refractivity contribution in [3.05, 3.63) is 58.6 Å². The molecule has 0 bridgehead atoms. The molecule has 0 aromatic heterocycles. The lowest BCUT2D eigenvalue weighted by Gasteiger charge is -2.21. The van der Waals surface area contributed by atoms with Crippen LogP contribution in [0, 0.1) is 0 Å². The smallest absolute Gasteiger partial charge is 0.337 e. The van der Waals surface area contributed by atoms with Gasteiger partial charge in [0.2, 0.25) is 10.0 Å². The molecule has 7 nitrogen and oxygen atoms in total. The van der Waals surface area contributed by atoms with Crippen LogP contribution in [0.15, 0.2) is 47.4 Å². The van der Waals surface area contributed by atoms with Gasteiger partial charge in [0.05, 0.1) is 17.7 Å². The van der Waals surface area contributed by atoms with Crippen molar-refractivity contribution in [1.29, 1.82) is 0 Å². The second-order valence-electron chi connectivity index (χ2n) is 7.03. The Morgan fingerprint density at radius 2 is 1.71 bits per heavy atom. The monoisotopic (exact) mass is 424 g/mol. The molecule has 0 fully saturated rings. The number of carbonyl (C=O) groups is 2. The number of ether oxygens (including phenoxy) is 1. The van der Waals surface area contributed by atoms with E-state index < -0.39 is 27.4 Å². The van der Waals surface area contributed by atoms with Crippen molar-refractivity contribution in [1.82, 2.24) is 4.72 Å². The number of carbonyl (C=O) groups excluding carboxylic acids is 2. The van der Waals surface area contributed by atoms with Crippen LogP contribution in [0.5, 0.6) is 0 Å². The summed E-state index contributed by atoms with van der Waals surface area (Å²) < 4.78 is 32.3. The number of benzene rings is 2. The molecule has 150 valence electrons. The van der Waals surface area contributed by atoms with Gasteiger partial charge in [-0.3, -0.25) is 4.79 Å². The lowest BCUT2D eigenvalue weighted by Crippen LogP contribution is -2.40. The summed E-state index contributed by atoms with van der Waals surface area (Å²) in [6.45, 7) is 5.09. The first-order valence-corrected chi connectivity index (χ1v) is 10.1. The summed E-state index contributed by atoms with van der Waals surface area (Å²) in [7, 11) is -2.66. The van der Waals surface area contributed by atoms with Gasteiger partial charge in [-0.15, -0.1) is 0 Å². The molecule has 0 heterocycles. The maximum atomic E-state index is 12.6. The van der Waals surface area contributed by atoms with Crippen molar-refractivity contribution >= 4 is 39.2 Å². The lowest BCUT2D eigenvalue weighted by atomic mass is 10.1. The van der Waals surface area contributed by atoms with Crippen LogP contribution in [0.25, 0.3) is 0 Å². The summed E-state index contributed by atoms with van der Waals surface area (Å²) in [6, 6.07) is 10.2. The molecule has 2 N–H and O–H groups in total. The highest BCUT2D eigenvalue weighted by Gasteiger charge is 2.25. The Morgan fingerprint density at radius 3 is 2.32 bits per heavy atom. The zero-order valence-corrected chi connectivity index (χ0v) is 17.4. The maximum Gasteiger partial charge on any atom is 0.337 e. The third kappa shape index (κ3) is 5.54. The van der Waals surface area contributed by atoms with E-state index in [2.05, 4.69) is 14.8 Å². The first kappa shape index (κ1) is 21.9. The average molecular weight is 425 g/mol. The van der Waals surface area contributed by atoms with E-state index >= 15 is 0 Å². The molecule has 0 radical (unpaired) electrons. The normalized spacial score (nSPS) is 11.8. The summed E-state index contributed by atoms with van der Waals surface area (Å²) in [5, 5.41) is 2.62. The molecular weight excluding hydrogens is 404 g/mol. The Balaban J connectivity index is 2.32. The Hall–Kier alpha value is -2.42. The number of methoxy groups -OCH3 is 1. The number of esters is 1. The topological polar surface area (TPSA) is 102 Å². The molecular formula is C19H21ClN2O5S. The molecule has 0 saturated heterocycles. The molecule has 1 amide bonds. The number of hydrogen-bond acceptors (Lipinski definition) is 5. The number of hydrogen-bond donors (Lipinski definition) is 2. The van der Waals surface area contributed by atoms with Gasteiger partial charge in [0.15, 0.2) is 0 Å². The maximum absolute atomic E-state index is 12.6. The highest BCUT2D eigenvalue weighted by molar-refractivity contribution is 7.89. The molecule has 0 spiro atoms. The van der Waals surface area contributed by atoms with Gasteiger partial charge in [-0.25, -0.2) is 17.9 Å². The molecule has 0 atom stereocenters. The van der Waals surface area contributed by atoms with Crippen LogP contribution in [-0.2, 0) is 14.8 Å². The molecule has 28 heavy (non-hydrogen) atoms. The van der Waals surface area contributed by atoms with E-state index in [-0.39, 0.29) is 21.0 Å².